The van der Waals surface area contributed by atoms with Gasteiger partial charge in [-0.1, -0.05) is 26.3 Å². The van der Waals surface area contributed by atoms with Crippen LogP contribution in [0.15, 0.2) is 18.2 Å². The Morgan fingerprint density at radius 2 is 1.93 bits per heavy atom. The Hall–Kier alpha value is -1.42. The lowest BCUT2D eigenvalue weighted by Gasteiger charge is -2.49. The normalized spacial score (nSPS) is 30.4. The first kappa shape index (κ1) is 20.3. The van der Waals surface area contributed by atoms with Crippen LogP contribution < -0.4 is 0 Å². The predicted molar refractivity (Wildman–Crippen MR) is 106 cm³/mol. The van der Waals surface area contributed by atoms with E-state index in [1.165, 1.54) is 51.7 Å². The Balaban J connectivity index is 1.61. The van der Waals surface area contributed by atoms with Crippen LogP contribution in [0, 0.1) is 29.0 Å². The number of methoxy groups -OCH3 is 1. The second-order valence-electron chi connectivity index (χ2n) is 9.40. The van der Waals surface area contributed by atoms with Crippen molar-refractivity contribution >= 4 is 5.97 Å². The molecule has 0 aromatic heterocycles. The van der Waals surface area contributed by atoms with E-state index >= 15 is 0 Å². The molecule has 0 radical (unpaired) electrons. The summed E-state index contributed by atoms with van der Waals surface area (Å²) in [6.45, 7) is 6.31. The Bertz CT molecular complexity index is 660. The van der Waals surface area contributed by atoms with Crippen molar-refractivity contribution in [1.29, 1.82) is 0 Å². The van der Waals surface area contributed by atoms with Gasteiger partial charge in [-0.2, -0.15) is 0 Å². The third kappa shape index (κ3) is 4.90. The molecule has 3 rings (SSSR count). The topological polar surface area (TPSA) is 29.5 Å². The zero-order valence-electron chi connectivity index (χ0n) is 17.3. The Morgan fingerprint density at radius 3 is 2.48 bits per heavy atom. The molecular weight excluding hydrogens is 341 g/mol. The smallest absolute Gasteiger partial charge is 0.337 e. The number of rotatable bonds is 6. The van der Waals surface area contributed by atoms with Gasteiger partial charge in [-0.15, -0.1) is 0 Å². The summed E-state index contributed by atoms with van der Waals surface area (Å²) >= 11 is 0. The van der Waals surface area contributed by atoms with Gasteiger partial charge in [0.2, 0.25) is 0 Å². The van der Waals surface area contributed by atoms with E-state index in [1.54, 1.807) is 12.1 Å². The maximum atomic E-state index is 14.4. The van der Waals surface area contributed by atoms with Crippen LogP contribution in [-0.4, -0.2) is 31.6 Å². The summed E-state index contributed by atoms with van der Waals surface area (Å²) in [6.07, 6.45) is 8.14. The van der Waals surface area contributed by atoms with Crippen LogP contribution in [0.2, 0.25) is 0 Å². The number of carbonyl (C=O) groups is 1. The number of halogens is 1. The number of esters is 1. The van der Waals surface area contributed by atoms with Gasteiger partial charge in [0.15, 0.2) is 0 Å². The molecule has 2 atom stereocenters. The molecule has 4 heteroatoms. The number of fused-ring (bicyclic) bond motifs is 2. The first-order chi connectivity index (χ1) is 12.8. The van der Waals surface area contributed by atoms with Crippen molar-refractivity contribution in [2.45, 2.75) is 58.9 Å². The minimum Gasteiger partial charge on any atom is -0.465 e. The minimum absolute atomic E-state index is 0.263. The summed E-state index contributed by atoms with van der Waals surface area (Å²) < 4.78 is 19.1. The molecule has 0 aliphatic heterocycles. The average molecular weight is 376 g/mol. The number of carbonyl (C=O) groups excluding carboxylic acids is 1. The van der Waals surface area contributed by atoms with Gasteiger partial charge < -0.3 is 9.64 Å². The molecule has 2 unspecified atom stereocenters. The lowest BCUT2D eigenvalue weighted by atomic mass is 9.59. The number of nitrogens with zero attached hydrogens (tertiary/aromatic N) is 1. The molecule has 0 N–H and O–H groups in total. The number of hydrogen-bond donors (Lipinski definition) is 0. The third-order valence-corrected chi connectivity index (χ3v) is 6.71. The molecule has 1 aromatic rings. The van der Waals surface area contributed by atoms with Crippen molar-refractivity contribution in [3.8, 4) is 0 Å². The Labute approximate surface area is 163 Å². The van der Waals surface area contributed by atoms with Crippen LogP contribution in [-0.2, 0) is 11.3 Å². The molecule has 2 saturated carbocycles. The molecular formula is C23H34FNO2. The van der Waals surface area contributed by atoms with Crippen molar-refractivity contribution in [2.24, 2.45) is 23.2 Å². The molecule has 0 amide bonds. The summed E-state index contributed by atoms with van der Waals surface area (Å²) in [4.78, 5) is 13.8. The average Bonchev–Trinajstić information content (AvgIpc) is 2.61. The largest absolute Gasteiger partial charge is 0.465 e. The van der Waals surface area contributed by atoms with E-state index in [-0.39, 0.29) is 11.4 Å². The third-order valence-electron chi connectivity index (χ3n) is 6.71. The van der Waals surface area contributed by atoms with Crippen LogP contribution in [0.1, 0.15) is 68.3 Å². The summed E-state index contributed by atoms with van der Waals surface area (Å²) in [7, 11) is 3.39. The van der Waals surface area contributed by atoms with E-state index in [1.807, 2.05) is 0 Å². The molecule has 0 heterocycles. The molecule has 3 nitrogen and oxygen atoms in total. The molecule has 150 valence electrons. The second kappa shape index (κ2) is 8.30. The van der Waals surface area contributed by atoms with Crippen LogP contribution >= 0.6 is 0 Å². The quantitative estimate of drug-likeness (QED) is 0.633. The van der Waals surface area contributed by atoms with Gasteiger partial charge in [0.1, 0.15) is 5.82 Å². The van der Waals surface area contributed by atoms with Crippen LogP contribution in [0.4, 0.5) is 4.39 Å². The predicted octanol–water partition coefficient (Wildman–Crippen LogP) is 5.29. The maximum Gasteiger partial charge on any atom is 0.337 e. The van der Waals surface area contributed by atoms with Gasteiger partial charge in [-0.05, 0) is 74.5 Å². The monoisotopic (exact) mass is 375 g/mol. The first-order valence-corrected chi connectivity index (χ1v) is 10.4. The lowest BCUT2D eigenvalue weighted by molar-refractivity contribution is 0.0200. The highest BCUT2D eigenvalue weighted by atomic mass is 19.1. The zero-order valence-corrected chi connectivity index (χ0v) is 17.3. The summed E-state index contributed by atoms with van der Waals surface area (Å²) in [5, 5.41) is 0. The molecule has 2 bridgehead atoms. The van der Waals surface area contributed by atoms with Crippen molar-refractivity contribution in [2.75, 3.05) is 20.7 Å². The van der Waals surface area contributed by atoms with E-state index in [2.05, 4.69) is 30.5 Å². The number of hydrogen-bond acceptors (Lipinski definition) is 3. The Kier molecular flexibility index (Phi) is 6.25. The highest BCUT2D eigenvalue weighted by Gasteiger charge is 2.41. The van der Waals surface area contributed by atoms with Crippen LogP contribution in [0.5, 0.6) is 0 Å². The number of benzene rings is 1. The van der Waals surface area contributed by atoms with Crippen LogP contribution in [0.3, 0.4) is 0 Å². The van der Waals surface area contributed by atoms with Gasteiger partial charge in [0.05, 0.1) is 12.7 Å². The van der Waals surface area contributed by atoms with Crippen molar-refractivity contribution in [1.82, 2.24) is 4.90 Å². The van der Waals surface area contributed by atoms with Gasteiger partial charge in [-0.25, -0.2) is 9.18 Å². The molecule has 2 aliphatic carbocycles. The SMILES string of the molecule is CCC1CC2CC(C1)CC(C)(CN(C)Cc1ccc(C(=O)OC)cc1F)C2. The lowest BCUT2D eigenvalue weighted by Crippen LogP contribution is -2.42. The summed E-state index contributed by atoms with van der Waals surface area (Å²) in [5.41, 5.74) is 1.22. The van der Waals surface area contributed by atoms with Crippen molar-refractivity contribution < 1.29 is 13.9 Å². The van der Waals surface area contributed by atoms with E-state index < -0.39 is 5.97 Å². The fourth-order valence-electron chi connectivity index (χ4n) is 5.89. The molecule has 27 heavy (non-hydrogen) atoms. The van der Waals surface area contributed by atoms with E-state index in [0.29, 0.717) is 17.5 Å². The number of ether oxygens (including phenoxy) is 1. The van der Waals surface area contributed by atoms with E-state index in [9.17, 15) is 9.18 Å². The van der Waals surface area contributed by atoms with Crippen LogP contribution in [0.25, 0.3) is 0 Å². The maximum absolute atomic E-state index is 14.4. The molecule has 0 saturated heterocycles. The minimum atomic E-state index is -0.500. The highest BCUT2D eigenvalue weighted by Crippen LogP contribution is 2.51. The fourth-order valence-corrected chi connectivity index (χ4v) is 5.89. The fraction of sp³-hybridized carbons (Fsp3) is 0.696. The van der Waals surface area contributed by atoms with E-state index in [4.69, 9.17) is 0 Å². The van der Waals surface area contributed by atoms with E-state index in [0.717, 1.165) is 24.3 Å². The molecule has 1 aromatic carbocycles. The van der Waals surface area contributed by atoms with Gasteiger partial charge in [0.25, 0.3) is 0 Å². The summed E-state index contributed by atoms with van der Waals surface area (Å²) in [6, 6.07) is 4.64. The van der Waals surface area contributed by atoms with Gasteiger partial charge >= 0.3 is 5.97 Å². The highest BCUT2D eigenvalue weighted by molar-refractivity contribution is 5.89. The first-order valence-electron chi connectivity index (χ1n) is 10.4. The molecule has 2 fully saturated rings. The van der Waals surface area contributed by atoms with Gasteiger partial charge in [0, 0.05) is 18.7 Å². The standard InChI is InChI=1S/C23H34FNO2/c1-5-16-8-17-10-18(9-16)13-23(2,12-17)15-25(3)14-20-7-6-19(11-21(20)24)22(26)27-4/h6-7,11,16-18H,5,8-10,12-15H2,1-4H3. The zero-order chi connectivity index (χ0) is 19.6. The van der Waals surface area contributed by atoms with Crippen molar-refractivity contribution in [3.05, 3.63) is 35.1 Å². The molecule has 2 aliphatic rings. The summed E-state index contributed by atoms with van der Waals surface area (Å²) in [5.74, 6) is 1.84. The van der Waals surface area contributed by atoms with Crippen molar-refractivity contribution in [3.63, 3.8) is 0 Å². The van der Waals surface area contributed by atoms with Gasteiger partial charge in [-0.3, -0.25) is 0 Å². The second-order valence-corrected chi connectivity index (χ2v) is 9.40. The molecule has 0 spiro atoms. The Morgan fingerprint density at radius 1 is 1.26 bits per heavy atom.